The minimum absolute atomic E-state index is 0.0191. The molecule has 0 aliphatic heterocycles. The molecule has 166 valence electrons. The maximum atomic E-state index is 12.9. The van der Waals surface area contributed by atoms with Gasteiger partial charge in [-0.05, 0) is 59.3 Å². The van der Waals surface area contributed by atoms with Gasteiger partial charge in [-0.25, -0.2) is 0 Å². The number of halogens is 4. The molecule has 0 aromatic heterocycles. The summed E-state index contributed by atoms with van der Waals surface area (Å²) in [5.41, 5.74) is 0.191. The van der Waals surface area contributed by atoms with Crippen molar-refractivity contribution >= 4 is 49.9 Å². The van der Waals surface area contributed by atoms with Crippen LogP contribution in [0.2, 0.25) is 0 Å². The van der Waals surface area contributed by atoms with Crippen molar-refractivity contribution < 1.29 is 22.8 Å². The molecule has 2 N–H and O–H groups in total. The number of nitrogens with one attached hydrogen (secondary N) is 2. The second-order valence-electron chi connectivity index (χ2n) is 7.21. The summed E-state index contributed by atoms with van der Waals surface area (Å²) in [6.45, 7) is 0. The van der Waals surface area contributed by atoms with E-state index in [1.54, 1.807) is 24.3 Å². The van der Waals surface area contributed by atoms with E-state index in [0.717, 1.165) is 27.4 Å². The zero-order valence-electron chi connectivity index (χ0n) is 16.9. The van der Waals surface area contributed by atoms with Crippen LogP contribution in [-0.4, -0.2) is 11.8 Å². The summed E-state index contributed by atoms with van der Waals surface area (Å²) in [4.78, 5) is 25.5. The molecule has 0 bridgehead atoms. The van der Waals surface area contributed by atoms with Gasteiger partial charge in [-0.2, -0.15) is 13.2 Å². The fraction of sp³-hybridized carbons (Fsp3) is 0.0400. The summed E-state index contributed by atoms with van der Waals surface area (Å²) < 4.78 is 39.6. The molecule has 0 unspecified atom stereocenters. The lowest BCUT2D eigenvalue weighted by atomic mass is 10.0. The Labute approximate surface area is 195 Å². The standard InChI is InChI=1S/C25H16BrF3N2O2/c26-22-12-4-9-19-20(22)10-3-11-21(19)24(33)31-17-7-1-5-15(13-17)23(32)30-18-8-2-6-16(14-18)25(27,28)29/h1-14H,(H,30,32)(H,31,33). The minimum atomic E-state index is -4.51. The fourth-order valence-corrected chi connectivity index (χ4v) is 3.88. The molecule has 0 spiro atoms. The molecule has 0 fully saturated rings. The number of benzene rings is 4. The molecule has 0 saturated heterocycles. The van der Waals surface area contributed by atoms with Crippen LogP contribution in [0.5, 0.6) is 0 Å². The Bertz CT molecular complexity index is 1370. The Morgan fingerprint density at radius 2 is 1.30 bits per heavy atom. The van der Waals surface area contributed by atoms with Gasteiger partial charge in [-0.15, -0.1) is 0 Å². The molecule has 0 radical (unpaired) electrons. The summed E-state index contributed by atoms with van der Waals surface area (Å²) in [7, 11) is 0. The number of alkyl halides is 3. The van der Waals surface area contributed by atoms with E-state index in [1.165, 1.54) is 24.3 Å². The molecule has 0 aliphatic rings. The van der Waals surface area contributed by atoms with Crippen LogP contribution < -0.4 is 10.6 Å². The summed E-state index contributed by atoms with van der Waals surface area (Å²) >= 11 is 3.48. The number of hydrogen-bond acceptors (Lipinski definition) is 2. The number of anilines is 2. The zero-order valence-corrected chi connectivity index (χ0v) is 18.5. The van der Waals surface area contributed by atoms with Crippen molar-refractivity contribution in [2.45, 2.75) is 6.18 Å². The van der Waals surface area contributed by atoms with Gasteiger partial charge >= 0.3 is 6.18 Å². The Morgan fingerprint density at radius 3 is 2.06 bits per heavy atom. The van der Waals surface area contributed by atoms with Crippen molar-refractivity contribution in [3.63, 3.8) is 0 Å². The number of amides is 2. The fourth-order valence-electron chi connectivity index (χ4n) is 3.38. The van der Waals surface area contributed by atoms with Gasteiger partial charge in [0.15, 0.2) is 0 Å². The molecule has 0 heterocycles. The molecule has 33 heavy (non-hydrogen) atoms. The quantitative estimate of drug-likeness (QED) is 0.305. The first-order valence-electron chi connectivity index (χ1n) is 9.79. The lowest BCUT2D eigenvalue weighted by Crippen LogP contribution is -2.15. The number of carbonyl (C=O) groups excluding carboxylic acids is 2. The third kappa shape index (κ3) is 5.06. The molecule has 2 amide bonds. The van der Waals surface area contributed by atoms with E-state index in [0.29, 0.717) is 11.3 Å². The minimum Gasteiger partial charge on any atom is -0.322 e. The van der Waals surface area contributed by atoms with Crippen LogP contribution in [0.1, 0.15) is 26.3 Å². The van der Waals surface area contributed by atoms with Gasteiger partial charge in [0.05, 0.1) is 5.56 Å². The number of fused-ring (bicyclic) bond motifs is 1. The average Bonchev–Trinajstić information content (AvgIpc) is 2.79. The molecule has 0 aliphatic carbocycles. The van der Waals surface area contributed by atoms with Crippen molar-refractivity contribution in [3.8, 4) is 0 Å². The van der Waals surface area contributed by atoms with E-state index < -0.39 is 17.6 Å². The Kier molecular flexibility index (Phi) is 6.20. The van der Waals surface area contributed by atoms with Gasteiger partial charge < -0.3 is 10.6 Å². The molecule has 4 nitrogen and oxygen atoms in total. The predicted molar refractivity (Wildman–Crippen MR) is 125 cm³/mol. The van der Waals surface area contributed by atoms with Gasteiger partial charge in [-0.1, -0.05) is 52.3 Å². The van der Waals surface area contributed by atoms with Gasteiger partial charge in [0.25, 0.3) is 11.8 Å². The van der Waals surface area contributed by atoms with E-state index in [4.69, 9.17) is 0 Å². The summed E-state index contributed by atoms with van der Waals surface area (Å²) in [6.07, 6.45) is -4.51. The molecule has 0 atom stereocenters. The normalized spacial score (nSPS) is 11.3. The highest BCUT2D eigenvalue weighted by Gasteiger charge is 2.30. The van der Waals surface area contributed by atoms with Crippen LogP contribution in [0.3, 0.4) is 0 Å². The maximum absolute atomic E-state index is 12.9. The first-order valence-corrected chi connectivity index (χ1v) is 10.6. The highest BCUT2D eigenvalue weighted by Crippen LogP contribution is 2.31. The SMILES string of the molecule is O=C(Nc1cccc(C(F)(F)F)c1)c1cccc(NC(=O)c2cccc3c(Br)cccc23)c1. The van der Waals surface area contributed by atoms with Gasteiger partial charge in [-0.3, -0.25) is 9.59 Å². The van der Waals surface area contributed by atoms with Crippen molar-refractivity contribution in [2.75, 3.05) is 10.6 Å². The largest absolute Gasteiger partial charge is 0.416 e. The Balaban J connectivity index is 1.54. The van der Waals surface area contributed by atoms with Crippen LogP contribution in [-0.2, 0) is 6.18 Å². The summed E-state index contributed by atoms with van der Waals surface area (Å²) in [5, 5.41) is 6.89. The maximum Gasteiger partial charge on any atom is 0.416 e. The average molecular weight is 513 g/mol. The van der Waals surface area contributed by atoms with Crippen LogP contribution in [0, 0.1) is 0 Å². The monoisotopic (exact) mass is 512 g/mol. The van der Waals surface area contributed by atoms with Crippen LogP contribution >= 0.6 is 15.9 Å². The van der Waals surface area contributed by atoms with Crippen LogP contribution in [0.4, 0.5) is 24.5 Å². The Hall–Kier alpha value is -3.65. The molecule has 4 aromatic carbocycles. The highest BCUT2D eigenvalue weighted by molar-refractivity contribution is 9.10. The van der Waals surface area contributed by atoms with Crippen LogP contribution in [0.25, 0.3) is 10.8 Å². The number of hydrogen-bond donors (Lipinski definition) is 2. The van der Waals surface area contributed by atoms with E-state index >= 15 is 0 Å². The van der Waals surface area contributed by atoms with E-state index in [1.807, 2.05) is 24.3 Å². The molecular weight excluding hydrogens is 497 g/mol. The third-order valence-corrected chi connectivity index (χ3v) is 5.64. The smallest absolute Gasteiger partial charge is 0.322 e. The summed E-state index contributed by atoms with van der Waals surface area (Å²) in [5.74, 6) is -0.950. The van der Waals surface area contributed by atoms with E-state index in [9.17, 15) is 22.8 Å². The van der Waals surface area contributed by atoms with Crippen molar-refractivity contribution in [1.29, 1.82) is 0 Å². The third-order valence-electron chi connectivity index (χ3n) is 4.94. The second-order valence-corrected chi connectivity index (χ2v) is 8.06. The lowest BCUT2D eigenvalue weighted by molar-refractivity contribution is -0.137. The number of rotatable bonds is 4. The van der Waals surface area contributed by atoms with E-state index in [2.05, 4.69) is 26.6 Å². The first kappa shape index (κ1) is 22.5. The molecular formula is C25H16BrF3N2O2. The highest BCUT2D eigenvalue weighted by atomic mass is 79.9. The van der Waals surface area contributed by atoms with Gasteiger partial charge in [0.1, 0.15) is 0 Å². The predicted octanol–water partition coefficient (Wildman–Crippen LogP) is 7.13. The van der Waals surface area contributed by atoms with Crippen molar-refractivity contribution in [1.82, 2.24) is 0 Å². The lowest BCUT2D eigenvalue weighted by Gasteiger charge is -2.11. The van der Waals surface area contributed by atoms with Gasteiger partial charge in [0, 0.05) is 27.0 Å². The molecule has 4 aromatic rings. The topological polar surface area (TPSA) is 58.2 Å². The first-order chi connectivity index (χ1) is 15.7. The molecule has 0 saturated carbocycles. The van der Waals surface area contributed by atoms with Gasteiger partial charge in [0.2, 0.25) is 0 Å². The second kappa shape index (κ2) is 9.07. The van der Waals surface area contributed by atoms with Crippen molar-refractivity contribution in [3.05, 3.63) is 106 Å². The zero-order chi connectivity index (χ0) is 23.6. The van der Waals surface area contributed by atoms with Crippen LogP contribution in [0.15, 0.2) is 89.4 Å². The number of carbonyl (C=O) groups is 2. The molecule has 8 heteroatoms. The summed E-state index contributed by atoms with van der Waals surface area (Å²) in [6, 6.07) is 21.5. The Morgan fingerprint density at radius 1 is 0.697 bits per heavy atom. The van der Waals surface area contributed by atoms with Crippen molar-refractivity contribution in [2.24, 2.45) is 0 Å². The van der Waals surface area contributed by atoms with E-state index in [-0.39, 0.29) is 17.2 Å². The molecule has 4 rings (SSSR count).